The van der Waals surface area contributed by atoms with E-state index in [1.165, 1.54) is 0 Å². The molecule has 0 spiro atoms. The molecule has 14 heavy (non-hydrogen) atoms. The van der Waals surface area contributed by atoms with Gasteiger partial charge in [0, 0.05) is 0 Å². The molecule has 0 unspecified atom stereocenters. The summed E-state index contributed by atoms with van der Waals surface area (Å²) >= 11 is 0. The third-order valence-electron chi connectivity index (χ3n) is 1.95. The Morgan fingerprint density at radius 3 is 2.50 bits per heavy atom. The predicted molar refractivity (Wildman–Crippen MR) is 59.6 cm³/mol. The van der Waals surface area contributed by atoms with Gasteiger partial charge in [0.15, 0.2) is 0 Å². The Balaban J connectivity index is 3.52. The molecule has 2 nitrogen and oxygen atoms in total. The average molecular weight is 188 g/mol. The van der Waals surface area contributed by atoms with Crippen LogP contribution in [0.5, 0.6) is 0 Å². The summed E-state index contributed by atoms with van der Waals surface area (Å²) in [5.74, 6) is 0. The summed E-state index contributed by atoms with van der Waals surface area (Å²) in [6, 6.07) is 7.36. The third-order valence-corrected chi connectivity index (χ3v) is 1.95. The molecule has 0 radical (unpaired) electrons. The maximum Gasteiger partial charge on any atom is 0.489 e. The Hall–Kier alpha value is -1.32. The van der Waals surface area contributed by atoms with Crippen molar-refractivity contribution in [2.45, 2.75) is 6.92 Å². The Morgan fingerprint density at radius 2 is 2.00 bits per heavy atom. The molecule has 1 rings (SSSR count). The molecule has 0 aliphatic carbocycles. The van der Waals surface area contributed by atoms with Crippen LogP contribution in [-0.4, -0.2) is 17.2 Å². The van der Waals surface area contributed by atoms with Crippen LogP contribution < -0.4 is 10.4 Å². The van der Waals surface area contributed by atoms with Gasteiger partial charge in [-0.15, -0.1) is 0 Å². The summed E-state index contributed by atoms with van der Waals surface area (Å²) in [5, 5.41) is 19.9. The van der Waals surface area contributed by atoms with Gasteiger partial charge in [-0.1, -0.05) is 43.0 Å². The molecule has 0 atom stereocenters. The van der Waals surface area contributed by atoms with Crippen molar-refractivity contribution in [2.24, 2.45) is 0 Å². The van der Waals surface area contributed by atoms with E-state index < -0.39 is 7.12 Å². The summed E-state index contributed by atoms with van der Waals surface area (Å²) < 4.78 is 0. The van der Waals surface area contributed by atoms with Gasteiger partial charge in [0.05, 0.1) is 0 Å². The molecule has 1 aromatic rings. The second kappa shape index (κ2) is 4.79. The average Bonchev–Trinajstić information content (AvgIpc) is 2.15. The molecule has 2 N–H and O–H groups in total. The minimum absolute atomic E-state index is 0.470. The van der Waals surface area contributed by atoms with Crippen LogP contribution in [0.2, 0.25) is 0 Å². The molecule has 0 heterocycles. The first-order valence-electron chi connectivity index (χ1n) is 4.44. The zero-order valence-electron chi connectivity index (χ0n) is 8.14. The minimum atomic E-state index is -1.46. The molecule has 0 amide bonds. The molecular weight excluding hydrogens is 175 g/mol. The van der Waals surface area contributed by atoms with Gasteiger partial charge in [-0.2, -0.15) is 0 Å². The fourth-order valence-corrected chi connectivity index (χ4v) is 1.30. The highest BCUT2D eigenvalue weighted by molar-refractivity contribution is 6.64. The number of rotatable bonds is 2. The van der Waals surface area contributed by atoms with Crippen molar-refractivity contribution in [1.29, 1.82) is 0 Å². The first-order chi connectivity index (χ1) is 6.66. The number of hydrogen-bond donors (Lipinski definition) is 2. The maximum atomic E-state index is 9.16. The lowest BCUT2D eigenvalue weighted by Crippen LogP contribution is -2.31. The summed E-state index contributed by atoms with van der Waals surface area (Å²) in [5.41, 5.74) is 0.470. The minimum Gasteiger partial charge on any atom is -0.423 e. The van der Waals surface area contributed by atoms with Gasteiger partial charge in [-0.25, -0.2) is 0 Å². The molecule has 3 heteroatoms. The van der Waals surface area contributed by atoms with Gasteiger partial charge in [0.2, 0.25) is 0 Å². The molecule has 72 valence electrons. The second-order valence-electron chi connectivity index (χ2n) is 2.99. The first-order valence-corrected chi connectivity index (χ1v) is 4.44. The van der Waals surface area contributed by atoms with Crippen LogP contribution >= 0.6 is 0 Å². The Labute approximate surface area is 83.7 Å². The third kappa shape index (κ3) is 2.34. The SMILES string of the molecule is C=c1cccc/c1=C(/C=C\C)B(O)O. The fourth-order valence-electron chi connectivity index (χ4n) is 1.30. The first kappa shape index (κ1) is 10.8. The quantitative estimate of drug-likeness (QED) is 0.633. The van der Waals surface area contributed by atoms with Crippen LogP contribution in [-0.2, 0) is 0 Å². The van der Waals surface area contributed by atoms with Crippen molar-refractivity contribution in [3.05, 3.63) is 46.9 Å². The molecular formula is C11H13BO2. The van der Waals surface area contributed by atoms with Crippen molar-refractivity contribution in [3.8, 4) is 0 Å². The largest absolute Gasteiger partial charge is 0.489 e. The van der Waals surface area contributed by atoms with Crippen LogP contribution in [0.25, 0.3) is 12.1 Å². The Kier molecular flexibility index (Phi) is 3.68. The summed E-state index contributed by atoms with van der Waals surface area (Å²) in [4.78, 5) is 0. The standard InChI is InChI=1S/C11H13BO2/c1-3-6-11(12(13)14)10-8-5-4-7-9(10)2/h3-8,13-14H,2H2,1H3/b6-3-,11-10+. The number of benzene rings is 1. The number of hydrogen-bond acceptors (Lipinski definition) is 2. The lowest BCUT2D eigenvalue weighted by molar-refractivity contribution is 0.427. The number of allylic oxidation sites excluding steroid dienone is 2. The summed E-state index contributed by atoms with van der Waals surface area (Å²) in [6.45, 7) is 5.66. The van der Waals surface area contributed by atoms with E-state index in [1.54, 1.807) is 12.2 Å². The van der Waals surface area contributed by atoms with Gasteiger partial charge in [-0.05, 0) is 22.8 Å². The zero-order valence-corrected chi connectivity index (χ0v) is 8.14. The van der Waals surface area contributed by atoms with Gasteiger partial charge in [0.25, 0.3) is 0 Å². The smallest absolute Gasteiger partial charge is 0.423 e. The maximum absolute atomic E-state index is 9.16. The fraction of sp³-hybridized carbons (Fsp3) is 0.0909. The monoisotopic (exact) mass is 188 g/mol. The van der Waals surface area contributed by atoms with E-state index in [4.69, 9.17) is 10.0 Å². The highest BCUT2D eigenvalue weighted by atomic mass is 16.4. The predicted octanol–water partition coefficient (Wildman–Crippen LogP) is -0.164. The van der Waals surface area contributed by atoms with E-state index in [2.05, 4.69) is 6.58 Å². The van der Waals surface area contributed by atoms with Crippen molar-refractivity contribution in [1.82, 2.24) is 0 Å². The topological polar surface area (TPSA) is 40.5 Å². The molecule has 0 aliphatic heterocycles. The highest BCUT2D eigenvalue weighted by Crippen LogP contribution is 1.96. The van der Waals surface area contributed by atoms with Crippen LogP contribution in [0.1, 0.15) is 6.92 Å². The Morgan fingerprint density at radius 1 is 1.36 bits per heavy atom. The summed E-state index contributed by atoms with van der Waals surface area (Å²) in [6.07, 6.45) is 3.44. The van der Waals surface area contributed by atoms with Gasteiger partial charge < -0.3 is 10.0 Å². The van der Waals surface area contributed by atoms with Crippen LogP contribution in [0, 0.1) is 0 Å². The van der Waals surface area contributed by atoms with E-state index in [0.29, 0.717) is 5.47 Å². The van der Waals surface area contributed by atoms with Crippen molar-refractivity contribution < 1.29 is 10.0 Å². The van der Waals surface area contributed by atoms with E-state index in [9.17, 15) is 0 Å². The van der Waals surface area contributed by atoms with Crippen molar-refractivity contribution in [2.75, 3.05) is 0 Å². The van der Waals surface area contributed by atoms with Crippen LogP contribution in [0.3, 0.4) is 0 Å². The van der Waals surface area contributed by atoms with Gasteiger partial charge in [0.1, 0.15) is 0 Å². The molecule has 0 saturated carbocycles. The normalized spacial score (nSPS) is 13.1. The van der Waals surface area contributed by atoms with Crippen molar-refractivity contribution >= 4 is 19.2 Å². The Bertz CT molecular complexity index is 435. The highest BCUT2D eigenvalue weighted by Gasteiger charge is 2.11. The van der Waals surface area contributed by atoms with Gasteiger partial charge in [-0.3, -0.25) is 0 Å². The van der Waals surface area contributed by atoms with Crippen LogP contribution in [0.4, 0.5) is 0 Å². The molecule has 0 fully saturated rings. The van der Waals surface area contributed by atoms with E-state index in [0.717, 1.165) is 10.4 Å². The lowest BCUT2D eigenvalue weighted by Gasteiger charge is -2.00. The van der Waals surface area contributed by atoms with Crippen LogP contribution in [0.15, 0.2) is 36.4 Å². The lowest BCUT2D eigenvalue weighted by atomic mass is 9.77. The van der Waals surface area contributed by atoms with E-state index in [-0.39, 0.29) is 0 Å². The molecule has 0 aromatic heterocycles. The van der Waals surface area contributed by atoms with E-state index >= 15 is 0 Å². The molecule has 0 saturated heterocycles. The summed E-state index contributed by atoms with van der Waals surface area (Å²) in [7, 11) is -1.46. The van der Waals surface area contributed by atoms with Gasteiger partial charge >= 0.3 is 7.12 Å². The molecule has 0 aliphatic rings. The second-order valence-corrected chi connectivity index (χ2v) is 2.99. The van der Waals surface area contributed by atoms with E-state index in [1.807, 2.05) is 31.2 Å². The molecule has 1 aromatic carbocycles. The zero-order chi connectivity index (χ0) is 10.6. The molecule has 0 bridgehead atoms. The van der Waals surface area contributed by atoms with Crippen molar-refractivity contribution in [3.63, 3.8) is 0 Å².